The Hall–Kier alpha value is -1.30. The zero-order chi connectivity index (χ0) is 13.2. The fraction of sp³-hybridized carbons (Fsp3) is 0.833. The number of aliphatic carboxylic acids is 1. The van der Waals surface area contributed by atoms with Crippen LogP contribution >= 0.6 is 0 Å². The van der Waals surface area contributed by atoms with Gasteiger partial charge in [0.2, 0.25) is 0 Å². The highest BCUT2D eigenvalue weighted by Gasteiger charge is 2.44. The van der Waals surface area contributed by atoms with Crippen LogP contribution in [0, 0.1) is 5.41 Å². The highest BCUT2D eigenvalue weighted by atomic mass is 16.4. The highest BCUT2D eigenvalue weighted by Crippen LogP contribution is 2.40. The van der Waals surface area contributed by atoms with Crippen LogP contribution in [-0.4, -0.2) is 66.7 Å². The molecule has 0 radical (unpaired) electrons. The lowest BCUT2D eigenvalue weighted by atomic mass is 9.69. The van der Waals surface area contributed by atoms with E-state index >= 15 is 0 Å². The molecule has 0 bridgehead atoms. The molecule has 0 aromatic heterocycles. The van der Waals surface area contributed by atoms with Crippen molar-refractivity contribution >= 4 is 12.0 Å². The van der Waals surface area contributed by atoms with E-state index in [0.717, 1.165) is 19.5 Å². The Balaban J connectivity index is 1.79. The molecule has 1 saturated carbocycles. The van der Waals surface area contributed by atoms with Crippen molar-refractivity contribution in [2.75, 3.05) is 39.8 Å². The minimum Gasteiger partial charge on any atom is -0.481 e. The smallest absolute Gasteiger partial charge is 0.317 e. The molecule has 0 aromatic rings. The standard InChI is InChI=1S/C12H21N3O3/c1-14-5-7-15(8-6-14)11(18)13-9-12(10(16)17)3-2-4-12/h2-9H2,1H3,(H,13,18)(H,16,17). The zero-order valence-electron chi connectivity index (χ0n) is 10.8. The van der Waals surface area contributed by atoms with Gasteiger partial charge in [-0.2, -0.15) is 0 Å². The Morgan fingerprint density at radius 2 is 1.83 bits per heavy atom. The molecule has 2 rings (SSSR count). The average molecular weight is 255 g/mol. The van der Waals surface area contributed by atoms with Gasteiger partial charge in [0, 0.05) is 32.7 Å². The van der Waals surface area contributed by atoms with Crippen LogP contribution in [0.2, 0.25) is 0 Å². The first-order chi connectivity index (χ1) is 8.53. The van der Waals surface area contributed by atoms with E-state index in [1.165, 1.54) is 0 Å². The molecule has 0 atom stereocenters. The van der Waals surface area contributed by atoms with E-state index in [0.29, 0.717) is 25.9 Å². The van der Waals surface area contributed by atoms with Crippen molar-refractivity contribution in [2.45, 2.75) is 19.3 Å². The third-order valence-electron chi connectivity index (χ3n) is 4.13. The number of amides is 2. The number of rotatable bonds is 3. The first-order valence-electron chi connectivity index (χ1n) is 6.48. The highest BCUT2D eigenvalue weighted by molar-refractivity contribution is 5.79. The topological polar surface area (TPSA) is 72.9 Å². The lowest BCUT2D eigenvalue weighted by Crippen LogP contribution is -2.54. The van der Waals surface area contributed by atoms with Crippen LogP contribution < -0.4 is 5.32 Å². The van der Waals surface area contributed by atoms with E-state index in [1.54, 1.807) is 4.90 Å². The maximum Gasteiger partial charge on any atom is 0.317 e. The van der Waals surface area contributed by atoms with Crippen LogP contribution in [0.1, 0.15) is 19.3 Å². The van der Waals surface area contributed by atoms with Crippen LogP contribution in [0.25, 0.3) is 0 Å². The van der Waals surface area contributed by atoms with Crippen molar-refractivity contribution in [3.63, 3.8) is 0 Å². The molecule has 2 N–H and O–H groups in total. The molecule has 1 aliphatic carbocycles. The summed E-state index contributed by atoms with van der Waals surface area (Å²) in [6.45, 7) is 3.42. The third-order valence-corrected chi connectivity index (χ3v) is 4.13. The summed E-state index contributed by atoms with van der Waals surface area (Å²) in [5.41, 5.74) is -0.706. The summed E-state index contributed by atoms with van der Waals surface area (Å²) in [7, 11) is 2.03. The lowest BCUT2D eigenvalue weighted by molar-refractivity contribution is -0.153. The average Bonchev–Trinajstić information content (AvgIpc) is 2.27. The Morgan fingerprint density at radius 1 is 1.22 bits per heavy atom. The molecule has 1 saturated heterocycles. The molecule has 1 heterocycles. The zero-order valence-corrected chi connectivity index (χ0v) is 10.8. The summed E-state index contributed by atoms with van der Waals surface area (Å²) in [5.74, 6) is -0.785. The van der Waals surface area contributed by atoms with E-state index in [2.05, 4.69) is 10.2 Å². The molecular formula is C12H21N3O3. The number of carbonyl (C=O) groups excluding carboxylic acids is 1. The first kappa shape index (κ1) is 13.1. The van der Waals surface area contributed by atoms with Gasteiger partial charge >= 0.3 is 12.0 Å². The molecule has 6 heteroatoms. The molecule has 2 amide bonds. The van der Waals surface area contributed by atoms with Gasteiger partial charge in [-0.3, -0.25) is 4.79 Å². The fourth-order valence-corrected chi connectivity index (χ4v) is 2.44. The summed E-state index contributed by atoms with van der Waals surface area (Å²) in [6.07, 6.45) is 2.29. The van der Waals surface area contributed by atoms with Gasteiger partial charge in [0.15, 0.2) is 0 Å². The monoisotopic (exact) mass is 255 g/mol. The van der Waals surface area contributed by atoms with Crippen LogP contribution in [0.5, 0.6) is 0 Å². The summed E-state index contributed by atoms with van der Waals surface area (Å²) in [6, 6.07) is -0.129. The Kier molecular flexibility index (Phi) is 3.75. The predicted molar refractivity (Wildman–Crippen MR) is 66.4 cm³/mol. The number of urea groups is 1. The third kappa shape index (κ3) is 2.58. The van der Waals surface area contributed by atoms with E-state index < -0.39 is 11.4 Å². The molecule has 0 aromatic carbocycles. The van der Waals surface area contributed by atoms with Crippen molar-refractivity contribution in [3.8, 4) is 0 Å². The molecule has 18 heavy (non-hydrogen) atoms. The summed E-state index contributed by atoms with van der Waals surface area (Å²) >= 11 is 0. The van der Waals surface area contributed by atoms with Gasteiger partial charge in [-0.05, 0) is 19.9 Å². The summed E-state index contributed by atoms with van der Waals surface area (Å²) < 4.78 is 0. The van der Waals surface area contributed by atoms with Gasteiger partial charge in [0.25, 0.3) is 0 Å². The second-order valence-electron chi connectivity index (χ2n) is 5.39. The number of hydrogen-bond donors (Lipinski definition) is 2. The Labute approximate surface area is 107 Å². The SMILES string of the molecule is CN1CCN(C(=O)NCC2(C(=O)O)CCC2)CC1. The molecule has 6 nitrogen and oxygen atoms in total. The normalized spacial score (nSPS) is 23.3. The van der Waals surface area contributed by atoms with E-state index in [-0.39, 0.29) is 12.6 Å². The van der Waals surface area contributed by atoms with Gasteiger partial charge in [-0.1, -0.05) is 6.42 Å². The molecule has 1 aliphatic heterocycles. The van der Waals surface area contributed by atoms with Gasteiger partial charge in [-0.25, -0.2) is 4.79 Å². The summed E-state index contributed by atoms with van der Waals surface area (Å²) in [5, 5.41) is 11.9. The number of piperazine rings is 1. The molecular weight excluding hydrogens is 234 g/mol. The van der Waals surface area contributed by atoms with Gasteiger partial charge in [0.1, 0.15) is 0 Å². The second-order valence-corrected chi connectivity index (χ2v) is 5.39. The molecule has 0 unspecified atom stereocenters. The number of hydrogen-bond acceptors (Lipinski definition) is 3. The number of likely N-dealkylation sites (N-methyl/N-ethyl adjacent to an activating group) is 1. The van der Waals surface area contributed by atoms with Crippen molar-refractivity contribution in [2.24, 2.45) is 5.41 Å². The number of nitrogens with zero attached hydrogens (tertiary/aromatic N) is 2. The molecule has 2 aliphatic rings. The van der Waals surface area contributed by atoms with Gasteiger partial charge in [-0.15, -0.1) is 0 Å². The van der Waals surface area contributed by atoms with Crippen LogP contribution in [0.3, 0.4) is 0 Å². The largest absolute Gasteiger partial charge is 0.481 e. The molecule has 2 fully saturated rings. The van der Waals surface area contributed by atoms with Crippen molar-refractivity contribution in [1.82, 2.24) is 15.1 Å². The maximum atomic E-state index is 11.9. The van der Waals surface area contributed by atoms with Crippen LogP contribution in [0.15, 0.2) is 0 Å². The quantitative estimate of drug-likeness (QED) is 0.755. The minimum absolute atomic E-state index is 0.129. The number of nitrogens with one attached hydrogen (secondary N) is 1. The van der Waals surface area contributed by atoms with Crippen molar-refractivity contribution in [1.29, 1.82) is 0 Å². The summed E-state index contributed by atoms with van der Waals surface area (Å²) in [4.78, 5) is 27.0. The van der Waals surface area contributed by atoms with E-state index in [1.807, 2.05) is 7.05 Å². The fourth-order valence-electron chi connectivity index (χ4n) is 2.44. The first-order valence-corrected chi connectivity index (χ1v) is 6.48. The lowest BCUT2D eigenvalue weighted by Gasteiger charge is -2.39. The Morgan fingerprint density at radius 3 is 2.28 bits per heavy atom. The maximum absolute atomic E-state index is 11.9. The number of carboxylic acid groups (broad SMARTS) is 1. The molecule has 102 valence electrons. The number of carboxylic acids is 1. The Bertz CT molecular complexity index is 333. The van der Waals surface area contributed by atoms with Crippen LogP contribution in [0.4, 0.5) is 4.79 Å². The van der Waals surface area contributed by atoms with E-state index in [4.69, 9.17) is 0 Å². The second kappa shape index (κ2) is 5.14. The van der Waals surface area contributed by atoms with Crippen molar-refractivity contribution < 1.29 is 14.7 Å². The van der Waals surface area contributed by atoms with E-state index in [9.17, 15) is 14.7 Å². The number of carbonyl (C=O) groups is 2. The minimum atomic E-state index is -0.785. The van der Waals surface area contributed by atoms with Gasteiger partial charge in [0.05, 0.1) is 5.41 Å². The van der Waals surface area contributed by atoms with Crippen LogP contribution in [-0.2, 0) is 4.79 Å². The molecule has 0 spiro atoms. The van der Waals surface area contributed by atoms with Crippen molar-refractivity contribution in [3.05, 3.63) is 0 Å². The predicted octanol–water partition coefficient (Wildman–Crippen LogP) is 0.198. The van der Waals surface area contributed by atoms with Gasteiger partial charge < -0.3 is 20.2 Å².